The van der Waals surface area contributed by atoms with Crippen LogP contribution in [0.15, 0.2) is 24.3 Å². The van der Waals surface area contributed by atoms with E-state index in [1.165, 1.54) is 25.7 Å². The first-order valence-corrected chi connectivity index (χ1v) is 7.78. The predicted molar refractivity (Wildman–Crippen MR) is 82.0 cm³/mol. The molecule has 1 atom stereocenters. The summed E-state index contributed by atoms with van der Waals surface area (Å²) >= 11 is 0. The maximum atomic E-state index is 10.3. The third-order valence-electron chi connectivity index (χ3n) is 4.11. The molecule has 1 fully saturated rings. The molecule has 0 saturated heterocycles. The highest BCUT2D eigenvalue weighted by molar-refractivity contribution is 5.28. The van der Waals surface area contributed by atoms with Crippen molar-refractivity contribution in [2.45, 2.75) is 38.7 Å². The smallest absolute Gasteiger partial charge is 0.119 e. The third kappa shape index (κ3) is 4.50. The molecule has 1 N–H and O–H groups in total. The van der Waals surface area contributed by atoms with Gasteiger partial charge in [-0.1, -0.05) is 25.0 Å². The zero-order valence-corrected chi connectivity index (χ0v) is 12.7. The Morgan fingerprint density at radius 3 is 2.50 bits per heavy atom. The zero-order chi connectivity index (χ0) is 14.4. The molecule has 20 heavy (non-hydrogen) atoms. The molecule has 1 aliphatic carbocycles. The number of benzene rings is 1. The minimum absolute atomic E-state index is 0.419. The summed E-state index contributed by atoms with van der Waals surface area (Å²) < 4.78 is 5.42. The van der Waals surface area contributed by atoms with E-state index in [1.807, 2.05) is 31.2 Å². The molecule has 3 heteroatoms. The Morgan fingerprint density at radius 2 is 1.90 bits per heavy atom. The predicted octanol–water partition coefficient (Wildman–Crippen LogP) is 3.24. The highest BCUT2D eigenvalue weighted by atomic mass is 16.5. The Hall–Kier alpha value is -1.06. The first-order valence-electron chi connectivity index (χ1n) is 7.78. The number of rotatable bonds is 7. The van der Waals surface area contributed by atoms with E-state index in [-0.39, 0.29) is 0 Å². The number of nitrogens with zero attached hydrogens (tertiary/aromatic N) is 1. The van der Waals surface area contributed by atoms with E-state index >= 15 is 0 Å². The molecule has 112 valence electrons. The van der Waals surface area contributed by atoms with Gasteiger partial charge in [0.05, 0.1) is 12.7 Å². The molecule has 0 heterocycles. The van der Waals surface area contributed by atoms with Crippen molar-refractivity contribution in [3.63, 3.8) is 0 Å². The summed E-state index contributed by atoms with van der Waals surface area (Å²) in [6.07, 6.45) is 5.03. The Bertz CT molecular complexity index is 384. The second-order valence-electron chi connectivity index (χ2n) is 5.89. The van der Waals surface area contributed by atoms with E-state index < -0.39 is 6.10 Å². The molecular weight excluding hydrogens is 250 g/mol. The van der Waals surface area contributed by atoms with Crippen molar-refractivity contribution in [3.8, 4) is 5.75 Å². The summed E-state index contributed by atoms with van der Waals surface area (Å²) in [7, 11) is 2.11. The van der Waals surface area contributed by atoms with Gasteiger partial charge in [-0.3, -0.25) is 0 Å². The SMILES string of the molecule is CCOc1ccc(C(O)CN(C)CC2CCCC2)cc1. The molecule has 3 nitrogen and oxygen atoms in total. The number of likely N-dealkylation sites (N-methyl/N-ethyl adjacent to an activating group) is 1. The fourth-order valence-electron chi connectivity index (χ4n) is 3.06. The number of ether oxygens (including phenoxy) is 1. The van der Waals surface area contributed by atoms with Crippen LogP contribution < -0.4 is 4.74 Å². The first kappa shape index (κ1) is 15.3. The lowest BCUT2D eigenvalue weighted by Gasteiger charge is -2.23. The van der Waals surface area contributed by atoms with E-state index in [0.29, 0.717) is 13.2 Å². The van der Waals surface area contributed by atoms with Gasteiger partial charge < -0.3 is 14.7 Å². The van der Waals surface area contributed by atoms with E-state index in [4.69, 9.17) is 4.74 Å². The largest absolute Gasteiger partial charge is 0.494 e. The first-order chi connectivity index (χ1) is 9.69. The van der Waals surface area contributed by atoms with Crippen molar-refractivity contribution in [3.05, 3.63) is 29.8 Å². The van der Waals surface area contributed by atoms with Crippen LogP contribution >= 0.6 is 0 Å². The van der Waals surface area contributed by atoms with Crippen LogP contribution in [-0.2, 0) is 0 Å². The van der Waals surface area contributed by atoms with Crippen LogP contribution in [0.4, 0.5) is 0 Å². The number of hydrogen-bond donors (Lipinski definition) is 1. The lowest BCUT2D eigenvalue weighted by molar-refractivity contribution is 0.118. The maximum Gasteiger partial charge on any atom is 0.119 e. The standard InChI is InChI=1S/C17H27NO2/c1-3-20-16-10-8-15(9-11-16)17(19)13-18(2)12-14-6-4-5-7-14/h8-11,14,17,19H,3-7,12-13H2,1-2H3. The van der Waals surface area contributed by atoms with Crippen LogP contribution in [0.5, 0.6) is 5.75 Å². The quantitative estimate of drug-likeness (QED) is 0.830. The summed E-state index contributed by atoms with van der Waals surface area (Å²) in [6, 6.07) is 7.77. The molecule has 0 amide bonds. The Morgan fingerprint density at radius 1 is 1.25 bits per heavy atom. The normalized spacial score (nSPS) is 17.6. The molecule has 2 rings (SSSR count). The lowest BCUT2D eigenvalue weighted by atomic mass is 10.1. The second kappa shape index (κ2) is 7.65. The van der Waals surface area contributed by atoms with Crippen molar-refractivity contribution in [1.29, 1.82) is 0 Å². The molecular formula is C17H27NO2. The van der Waals surface area contributed by atoms with Gasteiger partial charge in [0.1, 0.15) is 5.75 Å². The molecule has 0 bridgehead atoms. The Balaban J connectivity index is 1.81. The van der Waals surface area contributed by atoms with Crippen molar-refractivity contribution < 1.29 is 9.84 Å². The molecule has 1 saturated carbocycles. The van der Waals surface area contributed by atoms with Crippen LogP contribution in [0.25, 0.3) is 0 Å². The average molecular weight is 277 g/mol. The Labute approximate surface area is 122 Å². The van der Waals surface area contributed by atoms with E-state index in [1.54, 1.807) is 0 Å². The minimum Gasteiger partial charge on any atom is -0.494 e. The molecule has 0 aromatic heterocycles. The summed E-state index contributed by atoms with van der Waals surface area (Å²) in [5, 5.41) is 10.3. The van der Waals surface area contributed by atoms with Crippen molar-refractivity contribution >= 4 is 0 Å². The monoisotopic (exact) mass is 277 g/mol. The summed E-state index contributed by atoms with van der Waals surface area (Å²) in [6.45, 7) is 4.45. The summed E-state index contributed by atoms with van der Waals surface area (Å²) in [5.41, 5.74) is 0.965. The van der Waals surface area contributed by atoms with Gasteiger partial charge in [0, 0.05) is 13.1 Å². The van der Waals surface area contributed by atoms with Crippen molar-refractivity contribution in [1.82, 2.24) is 4.90 Å². The summed E-state index contributed by atoms with van der Waals surface area (Å²) in [4.78, 5) is 2.26. The van der Waals surface area contributed by atoms with Crippen molar-refractivity contribution in [2.24, 2.45) is 5.92 Å². The van der Waals surface area contributed by atoms with Crippen LogP contribution in [0.2, 0.25) is 0 Å². The van der Waals surface area contributed by atoms with Gasteiger partial charge >= 0.3 is 0 Å². The summed E-state index contributed by atoms with van der Waals surface area (Å²) in [5.74, 6) is 1.69. The minimum atomic E-state index is -0.419. The van der Waals surface area contributed by atoms with E-state index in [2.05, 4.69) is 11.9 Å². The molecule has 1 unspecified atom stereocenters. The molecule has 0 radical (unpaired) electrons. The van der Waals surface area contributed by atoms with Crippen LogP contribution in [0.3, 0.4) is 0 Å². The van der Waals surface area contributed by atoms with Gasteiger partial charge in [0.2, 0.25) is 0 Å². The highest BCUT2D eigenvalue weighted by Gasteiger charge is 2.18. The number of aliphatic hydroxyl groups excluding tert-OH is 1. The molecule has 1 aromatic carbocycles. The maximum absolute atomic E-state index is 10.3. The molecule has 0 aliphatic heterocycles. The number of aliphatic hydroxyl groups is 1. The second-order valence-corrected chi connectivity index (χ2v) is 5.89. The fourth-order valence-corrected chi connectivity index (χ4v) is 3.06. The fraction of sp³-hybridized carbons (Fsp3) is 0.647. The molecule has 1 aromatic rings. The van der Waals surface area contributed by atoms with E-state index in [0.717, 1.165) is 23.8 Å². The van der Waals surface area contributed by atoms with Gasteiger partial charge in [-0.05, 0) is 50.4 Å². The van der Waals surface area contributed by atoms with Gasteiger partial charge in [-0.25, -0.2) is 0 Å². The van der Waals surface area contributed by atoms with Gasteiger partial charge in [-0.15, -0.1) is 0 Å². The van der Waals surface area contributed by atoms with Crippen LogP contribution in [-0.4, -0.2) is 36.8 Å². The van der Waals surface area contributed by atoms with E-state index in [9.17, 15) is 5.11 Å². The van der Waals surface area contributed by atoms with Crippen LogP contribution in [0, 0.1) is 5.92 Å². The highest BCUT2D eigenvalue weighted by Crippen LogP contribution is 2.26. The zero-order valence-electron chi connectivity index (χ0n) is 12.7. The van der Waals surface area contributed by atoms with Gasteiger partial charge in [0.15, 0.2) is 0 Å². The van der Waals surface area contributed by atoms with Crippen molar-refractivity contribution in [2.75, 3.05) is 26.7 Å². The third-order valence-corrected chi connectivity index (χ3v) is 4.11. The van der Waals surface area contributed by atoms with Gasteiger partial charge in [-0.2, -0.15) is 0 Å². The van der Waals surface area contributed by atoms with Crippen LogP contribution in [0.1, 0.15) is 44.3 Å². The molecule has 0 spiro atoms. The number of hydrogen-bond acceptors (Lipinski definition) is 3. The van der Waals surface area contributed by atoms with Gasteiger partial charge in [0.25, 0.3) is 0 Å². The average Bonchev–Trinajstić information content (AvgIpc) is 2.92. The molecule has 1 aliphatic rings. The lowest BCUT2D eigenvalue weighted by Crippen LogP contribution is -2.29. The Kier molecular flexibility index (Phi) is 5.86. The topological polar surface area (TPSA) is 32.7 Å².